The molecule has 0 N–H and O–H groups in total. The number of ether oxygens (including phenoxy) is 2. The molecular weight excluding hydrogens is 316 g/mol. The lowest BCUT2D eigenvalue weighted by Gasteiger charge is -2.24. The lowest BCUT2D eigenvalue weighted by molar-refractivity contribution is 0.160. The molecule has 2 aliphatic heterocycles. The molecule has 5 heteroatoms. The number of amides is 2. The number of hydrogen-bond donors (Lipinski definition) is 0. The summed E-state index contributed by atoms with van der Waals surface area (Å²) in [5, 5.41) is 0. The predicted molar refractivity (Wildman–Crippen MR) is 97.5 cm³/mol. The van der Waals surface area contributed by atoms with E-state index in [2.05, 4.69) is 12.3 Å². The molecule has 2 heterocycles. The molecule has 3 rings (SSSR count). The molecule has 0 saturated carbocycles. The molecule has 25 heavy (non-hydrogen) atoms. The summed E-state index contributed by atoms with van der Waals surface area (Å²) in [6, 6.07) is 6.07. The van der Waals surface area contributed by atoms with Gasteiger partial charge in [0.25, 0.3) is 0 Å². The summed E-state index contributed by atoms with van der Waals surface area (Å²) in [6.45, 7) is 8.86. The Morgan fingerprint density at radius 3 is 2.64 bits per heavy atom. The first kappa shape index (κ1) is 17.4. The maximum Gasteiger partial charge on any atom is 0.320 e. The minimum absolute atomic E-state index is 0.0490. The molecule has 1 aromatic rings. The summed E-state index contributed by atoms with van der Waals surface area (Å²) in [6.07, 6.45) is 3.16. The minimum Gasteiger partial charge on any atom is -0.489 e. The number of methoxy groups -OCH3 is 1. The van der Waals surface area contributed by atoms with Gasteiger partial charge >= 0.3 is 6.03 Å². The largest absolute Gasteiger partial charge is 0.489 e. The summed E-state index contributed by atoms with van der Waals surface area (Å²) in [7, 11) is 1.61. The van der Waals surface area contributed by atoms with Gasteiger partial charge in [0.05, 0.1) is 13.7 Å². The van der Waals surface area contributed by atoms with E-state index in [0.29, 0.717) is 12.3 Å². The molecule has 0 bridgehead atoms. The van der Waals surface area contributed by atoms with Crippen LogP contribution in [0.1, 0.15) is 30.4 Å². The molecule has 0 aliphatic carbocycles. The minimum atomic E-state index is 0.0490. The van der Waals surface area contributed by atoms with Crippen LogP contribution in [0.15, 0.2) is 30.5 Å². The van der Waals surface area contributed by atoms with Gasteiger partial charge < -0.3 is 19.3 Å². The molecule has 0 radical (unpaired) electrons. The van der Waals surface area contributed by atoms with Gasteiger partial charge in [-0.15, -0.1) is 0 Å². The normalized spacial score (nSPS) is 19.7. The van der Waals surface area contributed by atoms with Crippen molar-refractivity contribution < 1.29 is 14.3 Å². The van der Waals surface area contributed by atoms with Gasteiger partial charge in [-0.2, -0.15) is 0 Å². The first-order chi connectivity index (χ1) is 12.1. The average Bonchev–Trinajstić information content (AvgIpc) is 3.29. The second-order valence-corrected chi connectivity index (χ2v) is 6.64. The van der Waals surface area contributed by atoms with Gasteiger partial charge in [0.1, 0.15) is 11.9 Å². The molecule has 2 saturated heterocycles. The number of urea groups is 1. The van der Waals surface area contributed by atoms with Crippen LogP contribution in [-0.4, -0.2) is 55.2 Å². The van der Waals surface area contributed by atoms with Gasteiger partial charge in [0.15, 0.2) is 5.76 Å². The van der Waals surface area contributed by atoms with E-state index in [-0.39, 0.29) is 12.1 Å². The number of hydrogen-bond acceptors (Lipinski definition) is 3. The van der Waals surface area contributed by atoms with Crippen molar-refractivity contribution in [1.82, 2.24) is 9.80 Å². The number of carbonyl (C=O) groups is 1. The van der Waals surface area contributed by atoms with Gasteiger partial charge in [-0.25, -0.2) is 4.79 Å². The molecule has 0 aromatic heterocycles. The van der Waals surface area contributed by atoms with Gasteiger partial charge in [0, 0.05) is 31.6 Å². The van der Waals surface area contributed by atoms with Crippen LogP contribution in [0.25, 0.3) is 5.76 Å². The van der Waals surface area contributed by atoms with Gasteiger partial charge in [-0.05, 0) is 43.5 Å². The van der Waals surface area contributed by atoms with Crippen LogP contribution in [0.2, 0.25) is 0 Å². The van der Waals surface area contributed by atoms with Gasteiger partial charge in [-0.3, -0.25) is 0 Å². The highest BCUT2D eigenvalue weighted by molar-refractivity contribution is 5.75. The maximum absolute atomic E-state index is 12.5. The lowest BCUT2D eigenvalue weighted by Crippen LogP contribution is -2.41. The zero-order chi connectivity index (χ0) is 17.8. The van der Waals surface area contributed by atoms with E-state index in [1.807, 2.05) is 34.9 Å². The molecule has 2 amide bonds. The van der Waals surface area contributed by atoms with E-state index in [9.17, 15) is 4.79 Å². The molecule has 0 spiro atoms. The third-order valence-corrected chi connectivity index (χ3v) is 4.89. The highest BCUT2D eigenvalue weighted by Crippen LogP contribution is 2.26. The Kier molecular flexibility index (Phi) is 5.34. The molecule has 134 valence electrons. The third kappa shape index (κ3) is 3.83. The fraction of sp³-hybridized carbons (Fsp3) is 0.500. The van der Waals surface area contributed by atoms with Crippen LogP contribution in [0, 0.1) is 6.92 Å². The van der Waals surface area contributed by atoms with Crippen molar-refractivity contribution in [2.75, 3.05) is 33.3 Å². The quantitative estimate of drug-likeness (QED) is 0.622. The topological polar surface area (TPSA) is 42.0 Å². The summed E-state index contributed by atoms with van der Waals surface area (Å²) >= 11 is 0. The summed E-state index contributed by atoms with van der Waals surface area (Å²) in [4.78, 5) is 16.3. The third-order valence-electron chi connectivity index (χ3n) is 4.89. The van der Waals surface area contributed by atoms with Gasteiger partial charge in [0.2, 0.25) is 0 Å². The first-order valence-electron chi connectivity index (χ1n) is 8.88. The van der Waals surface area contributed by atoms with E-state index in [1.54, 1.807) is 7.11 Å². The van der Waals surface area contributed by atoms with E-state index in [0.717, 1.165) is 55.8 Å². The Morgan fingerprint density at radius 2 is 2.00 bits per heavy atom. The van der Waals surface area contributed by atoms with Crippen molar-refractivity contribution in [3.63, 3.8) is 0 Å². The fourth-order valence-corrected chi connectivity index (χ4v) is 3.50. The van der Waals surface area contributed by atoms with Crippen LogP contribution in [0.3, 0.4) is 0 Å². The van der Waals surface area contributed by atoms with Crippen molar-refractivity contribution in [2.45, 2.75) is 32.3 Å². The maximum atomic E-state index is 12.5. The molecule has 1 atom stereocenters. The van der Waals surface area contributed by atoms with Crippen LogP contribution < -0.4 is 4.74 Å². The number of likely N-dealkylation sites (tertiary alicyclic amines) is 2. The predicted octanol–water partition coefficient (Wildman–Crippen LogP) is 3.44. The second kappa shape index (κ2) is 7.66. The molecule has 1 aromatic carbocycles. The van der Waals surface area contributed by atoms with Crippen LogP contribution >= 0.6 is 0 Å². The van der Waals surface area contributed by atoms with Crippen molar-refractivity contribution >= 4 is 11.8 Å². The smallest absolute Gasteiger partial charge is 0.320 e. The monoisotopic (exact) mass is 342 g/mol. The Hall–Kier alpha value is -2.39. The summed E-state index contributed by atoms with van der Waals surface area (Å²) in [5.41, 5.74) is 4.75. The van der Waals surface area contributed by atoms with E-state index < -0.39 is 0 Å². The highest BCUT2D eigenvalue weighted by atomic mass is 16.5. The van der Waals surface area contributed by atoms with Crippen LogP contribution in [-0.2, 0) is 4.74 Å². The average molecular weight is 342 g/mol. The van der Waals surface area contributed by atoms with E-state index in [4.69, 9.17) is 9.47 Å². The molecular formula is C20H26N2O3. The fourth-order valence-electron chi connectivity index (χ4n) is 3.50. The summed E-state index contributed by atoms with van der Waals surface area (Å²) in [5.74, 6) is 1.47. The molecule has 5 nitrogen and oxygen atoms in total. The Balaban J connectivity index is 1.61. The lowest BCUT2D eigenvalue weighted by atomic mass is 10.1. The number of carbonyl (C=O) groups excluding carboxylic acids is 1. The van der Waals surface area contributed by atoms with E-state index >= 15 is 0 Å². The van der Waals surface area contributed by atoms with E-state index in [1.165, 1.54) is 0 Å². The molecule has 2 aliphatic rings. The van der Waals surface area contributed by atoms with Crippen molar-refractivity contribution in [2.24, 2.45) is 0 Å². The zero-order valence-electron chi connectivity index (χ0n) is 15.1. The molecule has 2 fully saturated rings. The second-order valence-electron chi connectivity index (χ2n) is 6.64. The van der Waals surface area contributed by atoms with Gasteiger partial charge in [-0.1, -0.05) is 12.3 Å². The SMILES string of the molecule is C=C=C(OC)c1ccc(O[C@H]2CCN(C(=O)N3CCCC3)C2)c(C)c1. The molecule has 0 unspecified atom stereocenters. The van der Waals surface area contributed by atoms with Crippen LogP contribution in [0.4, 0.5) is 4.79 Å². The van der Waals surface area contributed by atoms with Crippen molar-refractivity contribution in [3.8, 4) is 5.75 Å². The summed E-state index contributed by atoms with van der Waals surface area (Å²) < 4.78 is 11.4. The number of benzene rings is 1. The first-order valence-corrected chi connectivity index (χ1v) is 8.88. The Morgan fingerprint density at radius 1 is 1.24 bits per heavy atom. The number of nitrogens with zero attached hydrogens (tertiary/aromatic N) is 2. The Labute approximate surface area is 149 Å². The van der Waals surface area contributed by atoms with Crippen molar-refractivity contribution in [1.29, 1.82) is 0 Å². The number of rotatable bonds is 4. The standard InChI is InChI=1S/C20H26N2O3/c1-4-18(24-3)16-7-8-19(15(2)13-16)25-17-9-12-22(14-17)20(23)21-10-5-6-11-21/h7-8,13,17H,1,5-6,9-12,14H2,2-3H3/t17-/m0/s1. The van der Waals surface area contributed by atoms with Crippen LogP contribution in [0.5, 0.6) is 5.75 Å². The Bertz CT molecular complexity index is 688. The zero-order valence-corrected chi connectivity index (χ0v) is 15.1. The van der Waals surface area contributed by atoms with Crippen molar-refractivity contribution in [3.05, 3.63) is 41.6 Å². The highest BCUT2D eigenvalue weighted by Gasteiger charge is 2.31. The number of aryl methyl sites for hydroxylation is 1.